The first kappa shape index (κ1) is 23.1. The van der Waals surface area contributed by atoms with Crippen LogP contribution in [-0.4, -0.2) is 61.2 Å². The van der Waals surface area contributed by atoms with Gasteiger partial charge in [0.2, 0.25) is 5.91 Å². The van der Waals surface area contributed by atoms with E-state index >= 15 is 0 Å². The number of fused-ring (bicyclic) bond motifs is 1. The van der Waals surface area contributed by atoms with Gasteiger partial charge in [-0.3, -0.25) is 19.8 Å². The van der Waals surface area contributed by atoms with Crippen molar-refractivity contribution in [3.05, 3.63) is 51.0 Å². The van der Waals surface area contributed by atoms with Gasteiger partial charge in [-0.15, -0.1) is 0 Å². The topological polar surface area (TPSA) is 97.2 Å². The van der Waals surface area contributed by atoms with Gasteiger partial charge >= 0.3 is 0 Å². The molecule has 4 rings (SSSR count). The maximum absolute atomic E-state index is 12.8. The predicted molar refractivity (Wildman–Crippen MR) is 127 cm³/mol. The zero-order valence-electron chi connectivity index (χ0n) is 18.7. The van der Waals surface area contributed by atoms with E-state index in [4.69, 9.17) is 21.1 Å². The minimum atomic E-state index is -0.419. The van der Waals surface area contributed by atoms with Crippen molar-refractivity contribution >= 4 is 34.6 Å². The molecule has 2 aliphatic rings. The molecule has 0 aromatic heterocycles. The van der Waals surface area contributed by atoms with Crippen molar-refractivity contribution < 1.29 is 19.2 Å². The minimum absolute atomic E-state index is 0.00899. The highest BCUT2D eigenvalue weighted by atomic mass is 35.5. The fourth-order valence-corrected chi connectivity index (χ4v) is 4.43. The van der Waals surface area contributed by atoms with Gasteiger partial charge in [0.25, 0.3) is 5.69 Å². The van der Waals surface area contributed by atoms with Crippen LogP contribution in [0.25, 0.3) is 0 Å². The van der Waals surface area contributed by atoms with Crippen LogP contribution in [0.15, 0.2) is 30.3 Å². The normalized spacial score (nSPS) is 17.9. The van der Waals surface area contributed by atoms with Gasteiger partial charge in [0.1, 0.15) is 23.3 Å². The second-order valence-electron chi connectivity index (χ2n) is 8.22. The molecule has 1 atom stereocenters. The number of nitrogens with one attached hydrogen (secondary N) is 1. The third-order valence-corrected chi connectivity index (χ3v) is 6.02. The lowest BCUT2D eigenvalue weighted by molar-refractivity contribution is -0.384. The Kier molecular flexibility index (Phi) is 6.90. The van der Waals surface area contributed by atoms with Crippen LogP contribution >= 0.6 is 11.6 Å². The number of hydrogen-bond donors (Lipinski definition) is 1. The summed E-state index contributed by atoms with van der Waals surface area (Å²) >= 11 is 5.92. The van der Waals surface area contributed by atoms with Crippen LogP contribution in [0.4, 0.5) is 17.1 Å². The molecule has 2 aromatic rings. The standard InChI is InChI=1S/C23H27ClN4O5/c1-3-32-22-11-16-10-15(2)33-21(16)13-18(22)25-23(29)14-26-6-8-27(9-7-26)19-5-4-17(24)12-20(19)28(30)31/h4-5,11-13,15H,3,6-10,14H2,1-2H3,(H,25,29). The van der Waals surface area contributed by atoms with Gasteiger partial charge < -0.3 is 19.7 Å². The van der Waals surface area contributed by atoms with Crippen LogP contribution in [0.1, 0.15) is 19.4 Å². The largest absolute Gasteiger partial charge is 0.492 e. The van der Waals surface area contributed by atoms with Crippen molar-refractivity contribution in [1.82, 2.24) is 4.90 Å². The first-order valence-corrected chi connectivity index (χ1v) is 11.4. The van der Waals surface area contributed by atoms with Crippen LogP contribution in [0.3, 0.4) is 0 Å². The van der Waals surface area contributed by atoms with Crippen LogP contribution in [0.2, 0.25) is 5.02 Å². The van der Waals surface area contributed by atoms with E-state index in [2.05, 4.69) is 5.32 Å². The lowest BCUT2D eigenvalue weighted by Gasteiger charge is -2.35. The molecule has 2 heterocycles. The number of carbonyl (C=O) groups excluding carboxylic acids is 1. The molecule has 0 saturated carbocycles. The molecule has 10 heteroatoms. The first-order valence-electron chi connectivity index (χ1n) is 11.0. The maximum atomic E-state index is 12.8. The summed E-state index contributed by atoms with van der Waals surface area (Å²) in [6.45, 7) is 6.99. The number of nitro groups is 1. The fourth-order valence-electron chi connectivity index (χ4n) is 4.26. The summed E-state index contributed by atoms with van der Waals surface area (Å²) in [5, 5.41) is 14.7. The Bertz CT molecular complexity index is 1060. The van der Waals surface area contributed by atoms with E-state index in [0.29, 0.717) is 54.9 Å². The summed E-state index contributed by atoms with van der Waals surface area (Å²) in [5.41, 5.74) is 2.22. The van der Waals surface area contributed by atoms with E-state index < -0.39 is 4.92 Å². The van der Waals surface area contributed by atoms with Gasteiger partial charge in [0, 0.05) is 55.3 Å². The van der Waals surface area contributed by atoms with Gasteiger partial charge in [0.15, 0.2) is 0 Å². The number of nitro benzene ring substituents is 1. The summed E-state index contributed by atoms with van der Waals surface area (Å²) in [6, 6.07) is 8.47. The lowest BCUT2D eigenvalue weighted by atomic mass is 10.1. The number of piperazine rings is 1. The molecule has 9 nitrogen and oxygen atoms in total. The third kappa shape index (κ3) is 5.31. The molecule has 0 bridgehead atoms. The average Bonchev–Trinajstić information content (AvgIpc) is 3.13. The molecule has 1 unspecified atom stereocenters. The molecule has 1 amide bonds. The second kappa shape index (κ2) is 9.84. The quantitative estimate of drug-likeness (QED) is 0.482. The highest BCUT2D eigenvalue weighted by Crippen LogP contribution is 2.38. The summed E-state index contributed by atoms with van der Waals surface area (Å²) in [7, 11) is 0. The predicted octanol–water partition coefficient (Wildman–Crippen LogP) is 3.73. The third-order valence-electron chi connectivity index (χ3n) is 5.79. The summed E-state index contributed by atoms with van der Waals surface area (Å²) in [4.78, 5) is 27.7. The molecule has 0 spiro atoms. The average molecular weight is 475 g/mol. The number of rotatable bonds is 7. The van der Waals surface area contributed by atoms with E-state index in [1.54, 1.807) is 12.1 Å². The van der Waals surface area contributed by atoms with Crippen molar-refractivity contribution in [3.63, 3.8) is 0 Å². The van der Waals surface area contributed by atoms with Gasteiger partial charge in [-0.2, -0.15) is 0 Å². The highest BCUT2D eigenvalue weighted by molar-refractivity contribution is 6.30. The summed E-state index contributed by atoms with van der Waals surface area (Å²) in [6.07, 6.45) is 0.924. The zero-order valence-corrected chi connectivity index (χ0v) is 19.4. The lowest BCUT2D eigenvalue weighted by Crippen LogP contribution is -2.48. The molecular weight excluding hydrogens is 448 g/mol. The van der Waals surface area contributed by atoms with Gasteiger partial charge in [-0.1, -0.05) is 11.6 Å². The van der Waals surface area contributed by atoms with Crippen molar-refractivity contribution in [3.8, 4) is 11.5 Å². The van der Waals surface area contributed by atoms with Gasteiger partial charge in [0.05, 0.1) is 23.8 Å². The number of carbonyl (C=O) groups is 1. The van der Waals surface area contributed by atoms with Gasteiger partial charge in [-0.25, -0.2) is 0 Å². The molecule has 2 aromatic carbocycles. The van der Waals surface area contributed by atoms with E-state index in [-0.39, 0.29) is 24.2 Å². The minimum Gasteiger partial charge on any atom is -0.492 e. The highest BCUT2D eigenvalue weighted by Gasteiger charge is 2.26. The van der Waals surface area contributed by atoms with E-state index in [0.717, 1.165) is 17.7 Å². The molecule has 176 valence electrons. The summed E-state index contributed by atoms with van der Waals surface area (Å²) in [5.74, 6) is 1.27. The smallest absolute Gasteiger partial charge is 0.294 e. The molecule has 1 N–H and O–H groups in total. The Balaban J connectivity index is 1.37. The van der Waals surface area contributed by atoms with Crippen molar-refractivity contribution in [2.75, 3.05) is 49.5 Å². The SMILES string of the molecule is CCOc1cc2c(cc1NC(=O)CN1CCN(c3ccc(Cl)cc3[N+](=O)[O-])CC1)OC(C)C2. The van der Waals surface area contributed by atoms with Crippen molar-refractivity contribution in [1.29, 1.82) is 0 Å². The Hall–Kier alpha value is -3.04. The number of anilines is 2. The maximum Gasteiger partial charge on any atom is 0.294 e. The Labute approximate surface area is 197 Å². The van der Waals surface area contributed by atoms with E-state index in [1.165, 1.54) is 6.07 Å². The summed E-state index contributed by atoms with van der Waals surface area (Å²) < 4.78 is 11.6. The molecule has 0 aliphatic carbocycles. The van der Waals surface area contributed by atoms with Crippen LogP contribution in [0.5, 0.6) is 11.5 Å². The van der Waals surface area contributed by atoms with Crippen molar-refractivity contribution in [2.45, 2.75) is 26.4 Å². The zero-order chi connectivity index (χ0) is 23.5. The Morgan fingerprint density at radius 1 is 1.27 bits per heavy atom. The number of nitrogens with zero attached hydrogens (tertiary/aromatic N) is 3. The number of benzene rings is 2. The Morgan fingerprint density at radius 2 is 2.03 bits per heavy atom. The molecule has 1 saturated heterocycles. The van der Waals surface area contributed by atoms with Gasteiger partial charge in [-0.05, 0) is 32.0 Å². The number of halogens is 1. The van der Waals surface area contributed by atoms with E-state index in [9.17, 15) is 14.9 Å². The Morgan fingerprint density at radius 3 is 2.73 bits per heavy atom. The number of hydrogen-bond acceptors (Lipinski definition) is 7. The molecule has 2 aliphatic heterocycles. The monoisotopic (exact) mass is 474 g/mol. The molecule has 33 heavy (non-hydrogen) atoms. The second-order valence-corrected chi connectivity index (χ2v) is 8.66. The number of ether oxygens (including phenoxy) is 2. The molecule has 0 radical (unpaired) electrons. The van der Waals surface area contributed by atoms with Crippen molar-refractivity contribution in [2.24, 2.45) is 0 Å². The molecular formula is C23H27ClN4O5. The fraction of sp³-hybridized carbons (Fsp3) is 0.435. The number of amides is 1. The van der Waals surface area contributed by atoms with E-state index in [1.807, 2.05) is 35.8 Å². The van der Waals surface area contributed by atoms with Crippen LogP contribution in [0, 0.1) is 10.1 Å². The molecule has 1 fully saturated rings. The van der Waals surface area contributed by atoms with Crippen LogP contribution < -0.4 is 19.7 Å². The first-order chi connectivity index (χ1) is 15.8. The van der Waals surface area contributed by atoms with Crippen LogP contribution in [-0.2, 0) is 11.2 Å².